The van der Waals surface area contributed by atoms with Gasteiger partial charge in [-0.2, -0.15) is 0 Å². The van der Waals surface area contributed by atoms with Crippen LogP contribution in [0.3, 0.4) is 0 Å². The van der Waals surface area contributed by atoms with E-state index in [1.165, 1.54) is 0 Å². The minimum absolute atomic E-state index is 0.00245. The first-order chi connectivity index (χ1) is 8.00. The largest absolute Gasteiger partial charge is 0.481 e. The Kier molecular flexibility index (Phi) is 4.88. The lowest BCUT2D eigenvalue weighted by atomic mass is 9.88. The maximum atomic E-state index is 11.7. The average Bonchev–Trinajstić information content (AvgIpc) is 2.28. The van der Waals surface area contributed by atoms with Gasteiger partial charge in [0.2, 0.25) is 0 Å². The van der Waals surface area contributed by atoms with Crippen LogP contribution < -0.4 is 0 Å². The van der Waals surface area contributed by atoms with Crippen molar-refractivity contribution in [1.82, 2.24) is 0 Å². The van der Waals surface area contributed by atoms with Crippen LogP contribution >= 0.6 is 0 Å². The van der Waals surface area contributed by atoms with Crippen molar-refractivity contribution in [2.24, 2.45) is 5.92 Å². The molecule has 1 aromatic rings. The minimum atomic E-state index is -0.865. The van der Waals surface area contributed by atoms with E-state index in [4.69, 9.17) is 5.11 Å². The molecule has 3 nitrogen and oxygen atoms in total. The zero-order chi connectivity index (χ0) is 12.8. The Bertz CT molecular complexity index is 382. The Morgan fingerprint density at radius 2 is 1.71 bits per heavy atom. The van der Waals surface area contributed by atoms with E-state index in [1.54, 1.807) is 0 Å². The maximum absolute atomic E-state index is 11.7. The molecule has 0 spiro atoms. The Balaban J connectivity index is 2.81. The zero-order valence-corrected chi connectivity index (χ0v) is 10.2. The Hall–Kier alpha value is -1.64. The molecule has 0 saturated carbocycles. The summed E-state index contributed by atoms with van der Waals surface area (Å²) in [6.07, 6.45) is 0.302. The molecule has 3 heteroatoms. The second-order valence-electron chi connectivity index (χ2n) is 4.53. The van der Waals surface area contributed by atoms with Crippen LogP contribution in [0.1, 0.15) is 38.2 Å². The van der Waals surface area contributed by atoms with E-state index >= 15 is 0 Å². The van der Waals surface area contributed by atoms with Crippen LogP contribution in [-0.2, 0) is 9.59 Å². The van der Waals surface area contributed by atoms with Crippen molar-refractivity contribution in [3.05, 3.63) is 35.9 Å². The molecule has 1 rings (SSSR count). The predicted molar refractivity (Wildman–Crippen MR) is 65.9 cm³/mol. The summed E-state index contributed by atoms with van der Waals surface area (Å²) in [5.74, 6) is -1.02. The van der Waals surface area contributed by atoms with Crippen LogP contribution in [0.2, 0.25) is 0 Å². The van der Waals surface area contributed by atoms with Gasteiger partial charge in [0.25, 0.3) is 0 Å². The summed E-state index contributed by atoms with van der Waals surface area (Å²) in [4.78, 5) is 22.5. The van der Waals surface area contributed by atoms with Crippen LogP contribution in [0.4, 0.5) is 0 Å². The first kappa shape index (κ1) is 13.4. The normalized spacial score (nSPS) is 12.4. The predicted octanol–water partition coefficient (Wildman–Crippen LogP) is 2.86. The van der Waals surface area contributed by atoms with Gasteiger partial charge in [0, 0.05) is 18.3 Å². The van der Waals surface area contributed by atoms with Crippen molar-refractivity contribution in [2.75, 3.05) is 0 Å². The van der Waals surface area contributed by atoms with Gasteiger partial charge in [0.15, 0.2) is 0 Å². The van der Waals surface area contributed by atoms with Crippen molar-refractivity contribution >= 4 is 11.8 Å². The second kappa shape index (κ2) is 6.18. The van der Waals surface area contributed by atoms with Gasteiger partial charge in [0.05, 0.1) is 6.42 Å². The number of carboxylic acids is 1. The molecule has 1 aromatic carbocycles. The number of carbonyl (C=O) groups is 2. The van der Waals surface area contributed by atoms with E-state index in [-0.39, 0.29) is 24.0 Å². The Morgan fingerprint density at radius 1 is 1.12 bits per heavy atom. The number of rotatable bonds is 6. The first-order valence-corrected chi connectivity index (χ1v) is 5.80. The fourth-order valence-corrected chi connectivity index (χ4v) is 1.72. The van der Waals surface area contributed by atoms with E-state index in [9.17, 15) is 9.59 Å². The molecule has 17 heavy (non-hydrogen) atoms. The standard InChI is InChI=1S/C14H18O3/c1-10(2)13(15)8-12(9-14(16)17)11-6-4-3-5-7-11/h3-7,10,12H,8-9H2,1-2H3,(H,16,17). The van der Waals surface area contributed by atoms with Crippen molar-refractivity contribution in [3.8, 4) is 0 Å². The fraction of sp³-hybridized carbons (Fsp3) is 0.429. The third-order valence-electron chi connectivity index (χ3n) is 2.78. The van der Waals surface area contributed by atoms with Crippen LogP contribution in [0.25, 0.3) is 0 Å². The summed E-state index contributed by atoms with van der Waals surface area (Å²) in [7, 11) is 0. The molecular weight excluding hydrogens is 216 g/mol. The van der Waals surface area contributed by atoms with Gasteiger partial charge in [-0.25, -0.2) is 0 Å². The summed E-state index contributed by atoms with van der Waals surface area (Å²) in [5, 5.41) is 8.89. The SMILES string of the molecule is CC(C)C(=O)CC(CC(=O)O)c1ccccc1. The molecule has 1 N–H and O–H groups in total. The molecule has 0 aliphatic rings. The molecule has 1 atom stereocenters. The molecule has 0 aliphatic carbocycles. The molecule has 1 unspecified atom stereocenters. The van der Waals surface area contributed by atoms with Gasteiger partial charge in [-0.05, 0) is 5.56 Å². The fourth-order valence-electron chi connectivity index (χ4n) is 1.72. The number of aliphatic carboxylic acids is 1. The molecule has 92 valence electrons. The van der Waals surface area contributed by atoms with E-state index in [0.29, 0.717) is 6.42 Å². The highest BCUT2D eigenvalue weighted by Crippen LogP contribution is 2.25. The summed E-state index contributed by atoms with van der Waals surface area (Å²) in [6, 6.07) is 9.36. The van der Waals surface area contributed by atoms with E-state index in [0.717, 1.165) is 5.56 Å². The number of Topliss-reactive ketones (excluding diaryl/α,β-unsaturated/α-hetero) is 1. The summed E-state index contributed by atoms with van der Waals surface area (Å²) in [5.41, 5.74) is 0.920. The van der Waals surface area contributed by atoms with E-state index in [2.05, 4.69) is 0 Å². The lowest BCUT2D eigenvalue weighted by molar-refractivity contribution is -0.137. The quantitative estimate of drug-likeness (QED) is 0.823. The zero-order valence-electron chi connectivity index (χ0n) is 10.2. The summed E-state index contributed by atoms with van der Waals surface area (Å²) < 4.78 is 0. The highest BCUT2D eigenvalue weighted by atomic mass is 16.4. The van der Waals surface area contributed by atoms with Gasteiger partial charge in [-0.3, -0.25) is 9.59 Å². The molecule has 0 amide bonds. The number of hydrogen-bond donors (Lipinski definition) is 1. The first-order valence-electron chi connectivity index (χ1n) is 5.80. The van der Waals surface area contributed by atoms with Crippen molar-refractivity contribution < 1.29 is 14.7 Å². The van der Waals surface area contributed by atoms with Gasteiger partial charge in [-0.1, -0.05) is 44.2 Å². The number of hydrogen-bond acceptors (Lipinski definition) is 2. The Labute approximate surface area is 101 Å². The highest BCUT2D eigenvalue weighted by Gasteiger charge is 2.20. The number of carboxylic acid groups (broad SMARTS) is 1. The second-order valence-corrected chi connectivity index (χ2v) is 4.53. The van der Waals surface area contributed by atoms with Gasteiger partial charge < -0.3 is 5.11 Å². The number of carbonyl (C=O) groups excluding carboxylic acids is 1. The number of ketones is 1. The average molecular weight is 234 g/mol. The Morgan fingerprint density at radius 3 is 2.18 bits per heavy atom. The number of benzene rings is 1. The molecule has 0 radical (unpaired) electrons. The van der Waals surface area contributed by atoms with Crippen LogP contribution in [0.15, 0.2) is 30.3 Å². The monoisotopic (exact) mass is 234 g/mol. The summed E-state index contributed by atoms with van der Waals surface area (Å²) in [6.45, 7) is 3.68. The smallest absolute Gasteiger partial charge is 0.303 e. The molecule has 0 fully saturated rings. The minimum Gasteiger partial charge on any atom is -0.481 e. The lowest BCUT2D eigenvalue weighted by Gasteiger charge is -2.15. The molecule has 0 aromatic heterocycles. The molecule has 0 saturated heterocycles. The highest BCUT2D eigenvalue weighted by molar-refractivity contribution is 5.82. The molecule has 0 bridgehead atoms. The third-order valence-corrected chi connectivity index (χ3v) is 2.78. The lowest BCUT2D eigenvalue weighted by Crippen LogP contribution is -2.15. The van der Waals surface area contributed by atoms with Gasteiger partial charge >= 0.3 is 5.97 Å². The van der Waals surface area contributed by atoms with E-state index < -0.39 is 5.97 Å². The molecule has 0 heterocycles. The van der Waals surface area contributed by atoms with Crippen LogP contribution in [0, 0.1) is 5.92 Å². The van der Waals surface area contributed by atoms with Crippen LogP contribution in [-0.4, -0.2) is 16.9 Å². The van der Waals surface area contributed by atoms with Crippen molar-refractivity contribution in [1.29, 1.82) is 0 Å². The van der Waals surface area contributed by atoms with Crippen LogP contribution in [0.5, 0.6) is 0 Å². The third kappa shape index (κ3) is 4.39. The summed E-state index contributed by atoms with van der Waals surface area (Å²) >= 11 is 0. The van der Waals surface area contributed by atoms with Crippen molar-refractivity contribution in [3.63, 3.8) is 0 Å². The van der Waals surface area contributed by atoms with Gasteiger partial charge in [-0.15, -0.1) is 0 Å². The van der Waals surface area contributed by atoms with Gasteiger partial charge in [0.1, 0.15) is 5.78 Å². The maximum Gasteiger partial charge on any atom is 0.303 e. The molecule has 0 aliphatic heterocycles. The van der Waals surface area contributed by atoms with Crippen molar-refractivity contribution in [2.45, 2.75) is 32.6 Å². The molecular formula is C14H18O3. The topological polar surface area (TPSA) is 54.4 Å². The van der Waals surface area contributed by atoms with E-state index in [1.807, 2.05) is 44.2 Å².